The summed E-state index contributed by atoms with van der Waals surface area (Å²) in [4.78, 5) is 29.1. The van der Waals surface area contributed by atoms with Gasteiger partial charge in [-0.2, -0.15) is 9.50 Å². The highest BCUT2D eigenvalue weighted by Gasteiger charge is 2.12. The molecule has 0 aliphatic carbocycles. The fraction of sp³-hybridized carbons (Fsp3) is 0.100. The zero-order valence-electron chi connectivity index (χ0n) is 14.7. The molecule has 7 heteroatoms. The third-order valence-corrected chi connectivity index (χ3v) is 5.08. The van der Waals surface area contributed by atoms with Gasteiger partial charge in [0.05, 0.1) is 17.2 Å². The van der Waals surface area contributed by atoms with Gasteiger partial charge < -0.3 is 4.74 Å². The molecule has 4 aromatic rings. The van der Waals surface area contributed by atoms with Crippen molar-refractivity contribution in [2.75, 3.05) is 7.11 Å². The van der Waals surface area contributed by atoms with Crippen molar-refractivity contribution in [3.63, 3.8) is 0 Å². The average molecular weight is 377 g/mol. The summed E-state index contributed by atoms with van der Waals surface area (Å²) in [5.74, 6) is 0.140. The van der Waals surface area contributed by atoms with E-state index in [0.717, 1.165) is 16.7 Å². The molecule has 0 radical (unpaired) electrons. The first-order chi connectivity index (χ1) is 13.0. The van der Waals surface area contributed by atoms with Crippen LogP contribution in [0.4, 0.5) is 0 Å². The molecule has 0 amide bonds. The van der Waals surface area contributed by atoms with Crippen molar-refractivity contribution in [3.05, 3.63) is 80.1 Å². The summed E-state index contributed by atoms with van der Waals surface area (Å²) < 4.78 is 6.54. The molecular formula is C20H15N3O3S. The molecule has 0 unspecified atom stereocenters. The van der Waals surface area contributed by atoms with E-state index in [1.165, 1.54) is 23.0 Å². The predicted molar refractivity (Wildman–Crippen MR) is 104 cm³/mol. The van der Waals surface area contributed by atoms with Gasteiger partial charge in [-0.05, 0) is 30.7 Å². The van der Waals surface area contributed by atoms with Gasteiger partial charge in [-0.1, -0.05) is 53.3 Å². The van der Waals surface area contributed by atoms with Gasteiger partial charge in [0.15, 0.2) is 5.82 Å². The van der Waals surface area contributed by atoms with E-state index in [0.29, 0.717) is 20.9 Å². The Labute approximate surface area is 158 Å². The maximum Gasteiger partial charge on any atom is 0.337 e. The Morgan fingerprint density at radius 1 is 1.11 bits per heavy atom. The molecule has 0 spiro atoms. The Morgan fingerprint density at radius 2 is 1.81 bits per heavy atom. The summed E-state index contributed by atoms with van der Waals surface area (Å²) in [5.41, 5.74) is 3.09. The lowest BCUT2D eigenvalue weighted by Gasteiger charge is -1.98. The summed E-state index contributed by atoms with van der Waals surface area (Å²) in [6, 6.07) is 14.7. The second-order valence-electron chi connectivity index (χ2n) is 6.03. The summed E-state index contributed by atoms with van der Waals surface area (Å²) >= 11 is 1.28. The number of methoxy groups -OCH3 is 1. The van der Waals surface area contributed by atoms with E-state index in [9.17, 15) is 9.59 Å². The SMILES string of the molecule is COC(=O)c1ccc(C=c2sc3nc(-c4ccc(C)cc4)nn3c2=O)cc1. The van der Waals surface area contributed by atoms with E-state index in [2.05, 4.69) is 14.8 Å². The molecule has 2 aromatic heterocycles. The number of aryl methyl sites for hydroxylation is 1. The molecule has 0 saturated carbocycles. The molecule has 2 aromatic carbocycles. The molecule has 134 valence electrons. The number of rotatable bonds is 3. The monoisotopic (exact) mass is 377 g/mol. The smallest absolute Gasteiger partial charge is 0.337 e. The fourth-order valence-corrected chi connectivity index (χ4v) is 3.55. The van der Waals surface area contributed by atoms with Crippen molar-refractivity contribution >= 4 is 28.3 Å². The van der Waals surface area contributed by atoms with Crippen LogP contribution >= 0.6 is 11.3 Å². The van der Waals surface area contributed by atoms with Crippen LogP contribution in [0.15, 0.2) is 53.3 Å². The first-order valence-corrected chi connectivity index (χ1v) is 9.03. The lowest BCUT2D eigenvalue weighted by atomic mass is 10.1. The van der Waals surface area contributed by atoms with E-state index in [1.54, 1.807) is 30.3 Å². The van der Waals surface area contributed by atoms with Crippen LogP contribution in [-0.2, 0) is 4.74 Å². The number of aromatic nitrogens is 3. The second kappa shape index (κ2) is 6.77. The number of benzene rings is 2. The van der Waals surface area contributed by atoms with Gasteiger partial charge in [-0.25, -0.2) is 4.79 Å². The molecular weight excluding hydrogens is 362 g/mol. The number of hydrogen-bond acceptors (Lipinski definition) is 6. The Bertz CT molecular complexity index is 1240. The van der Waals surface area contributed by atoms with Crippen LogP contribution in [0.3, 0.4) is 0 Å². The van der Waals surface area contributed by atoms with Gasteiger partial charge in [0, 0.05) is 5.56 Å². The quantitative estimate of drug-likeness (QED) is 0.513. The van der Waals surface area contributed by atoms with Crippen molar-refractivity contribution in [1.82, 2.24) is 14.6 Å². The minimum atomic E-state index is -0.395. The van der Waals surface area contributed by atoms with E-state index < -0.39 is 5.97 Å². The molecule has 4 rings (SSSR count). The molecule has 0 atom stereocenters. The highest BCUT2D eigenvalue weighted by molar-refractivity contribution is 7.15. The number of nitrogens with zero attached hydrogens (tertiary/aromatic N) is 3. The van der Waals surface area contributed by atoms with E-state index in [1.807, 2.05) is 31.2 Å². The molecule has 0 aliphatic rings. The summed E-state index contributed by atoms with van der Waals surface area (Å²) in [6.45, 7) is 2.01. The number of fused-ring (bicyclic) bond motifs is 1. The molecule has 27 heavy (non-hydrogen) atoms. The maximum atomic E-state index is 12.6. The minimum absolute atomic E-state index is 0.210. The number of hydrogen-bond donors (Lipinski definition) is 0. The van der Waals surface area contributed by atoms with Crippen LogP contribution < -0.4 is 10.1 Å². The summed E-state index contributed by atoms with van der Waals surface area (Å²) in [6.07, 6.45) is 1.76. The third kappa shape index (κ3) is 3.24. The minimum Gasteiger partial charge on any atom is -0.465 e. The van der Waals surface area contributed by atoms with Gasteiger partial charge >= 0.3 is 5.97 Å². The van der Waals surface area contributed by atoms with Crippen LogP contribution in [0.25, 0.3) is 22.4 Å². The Morgan fingerprint density at radius 3 is 2.44 bits per heavy atom. The predicted octanol–water partition coefficient (Wildman–Crippen LogP) is 2.46. The van der Waals surface area contributed by atoms with Crippen LogP contribution in [0.5, 0.6) is 0 Å². The first-order valence-electron chi connectivity index (χ1n) is 8.22. The largest absolute Gasteiger partial charge is 0.465 e. The van der Waals surface area contributed by atoms with Crippen LogP contribution in [-0.4, -0.2) is 27.7 Å². The highest BCUT2D eigenvalue weighted by atomic mass is 32.1. The molecule has 0 fully saturated rings. The van der Waals surface area contributed by atoms with Crippen molar-refractivity contribution in [1.29, 1.82) is 0 Å². The molecule has 0 bridgehead atoms. The Balaban J connectivity index is 1.71. The zero-order valence-corrected chi connectivity index (χ0v) is 15.5. The lowest BCUT2D eigenvalue weighted by molar-refractivity contribution is 0.0600. The zero-order chi connectivity index (χ0) is 19.0. The van der Waals surface area contributed by atoms with E-state index in [4.69, 9.17) is 0 Å². The molecule has 0 N–H and O–H groups in total. The number of ether oxygens (including phenoxy) is 1. The summed E-state index contributed by atoms with van der Waals surface area (Å²) in [7, 11) is 1.34. The number of carbonyl (C=O) groups is 1. The van der Waals surface area contributed by atoms with Gasteiger partial charge in [0.1, 0.15) is 0 Å². The Kier molecular flexibility index (Phi) is 4.29. The van der Waals surface area contributed by atoms with Crippen molar-refractivity contribution in [2.45, 2.75) is 6.92 Å². The normalized spacial score (nSPS) is 11.9. The van der Waals surface area contributed by atoms with Gasteiger partial charge in [-0.15, -0.1) is 5.10 Å². The van der Waals surface area contributed by atoms with Gasteiger partial charge in [-0.3, -0.25) is 4.79 Å². The van der Waals surface area contributed by atoms with Crippen LogP contribution in [0.1, 0.15) is 21.5 Å². The molecule has 0 saturated heterocycles. The molecule has 2 heterocycles. The van der Waals surface area contributed by atoms with Crippen LogP contribution in [0, 0.1) is 6.92 Å². The third-order valence-electron chi connectivity index (χ3n) is 4.12. The van der Waals surface area contributed by atoms with Gasteiger partial charge in [0.2, 0.25) is 4.96 Å². The Hall–Kier alpha value is -3.32. The number of esters is 1. The lowest BCUT2D eigenvalue weighted by Crippen LogP contribution is -2.23. The standard InChI is InChI=1S/C20H15N3O3S/c1-12-3-7-14(8-4-12)17-21-20-23(22-17)18(24)16(27-20)11-13-5-9-15(10-6-13)19(25)26-2/h3-11H,1-2H3. The van der Waals surface area contributed by atoms with Gasteiger partial charge in [0.25, 0.3) is 5.56 Å². The number of thiazole rings is 1. The maximum absolute atomic E-state index is 12.6. The first kappa shape index (κ1) is 17.1. The fourth-order valence-electron chi connectivity index (χ4n) is 2.64. The van der Waals surface area contributed by atoms with Crippen molar-refractivity contribution < 1.29 is 9.53 Å². The highest BCUT2D eigenvalue weighted by Crippen LogP contribution is 2.17. The van der Waals surface area contributed by atoms with Crippen molar-refractivity contribution in [2.24, 2.45) is 0 Å². The second-order valence-corrected chi connectivity index (χ2v) is 7.03. The van der Waals surface area contributed by atoms with E-state index in [-0.39, 0.29) is 5.56 Å². The average Bonchev–Trinajstić information content (AvgIpc) is 3.22. The molecule has 6 nitrogen and oxygen atoms in total. The van der Waals surface area contributed by atoms with E-state index >= 15 is 0 Å². The summed E-state index contributed by atoms with van der Waals surface area (Å²) in [5, 5.41) is 4.35. The number of carbonyl (C=O) groups excluding carboxylic acids is 1. The topological polar surface area (TPSA) is 73.6 Å². The van der Waals surface area contributed by atoms with Crippen molar-refractivity contribution in [3.8, 4) is 11.4 Å². The molecule has 0 aliphatic heterocycles. The van der Waals surface area contributed by atoms with Crippen LogP contribution in [0.2, 0.25) is 0 Å².